The first kappa shape index (κ1) is 10.2. The molecule has 1 heterocycles. The van der Waals surface area contributed by atoms with E-state index >= 15 is 0 Å². The van der Waals surface area contributed by atoms with Crippen LogP contribution in [0.15, 0.2) is 18.3 Å². The van der Waals surface area contributed by atoms with Gasteiger partial charge in [0.2, 0.25) is 0 Å². The van der Waals surface area contributed by atoms with E-state index in [-0.39, 0.29) is 12.5 Å². The fourth-order valence-electron chi connectivity index (χ4n) is 2.00. The monoisotopic (exact) mass is 201 g/mol. The maximum Gasteiger partial charge on any atom is 0.0627 e. The average Bonchev–Trinajstić information content (AvgIpc) is 2.30. The third-order valence-corrected chi connectivity index (χ3v) is 2.71. The second-order valence-electron chi connectivity index (χ2n) is 3.79. The molecular formula is C13H15NO. The van der Waals surface area contributed by atoms with Gasteiger partial charge in [-0.3, -0.25) is 4.98 Å². The van der Waals surface area contributed by atoms with Gasteiger partial charge in [0.05, 0.1) is 18.2 Å². The van der Waals surface area contributed by atoms with Gasteiger partial charge >= 0.3 is 0 Å². The molecule has 78 valence electrons. The molecule has 1 aliphatic rings. The molecule has 0 fully saturated rings. The minimum absolute atomic E-state index is 0.148. The molecule has 2 nitrogen and oxygen atoms in total. The summed E-state index contributed by atoms with van der Waals surface area (Å²) < 4.78 is 0. The summed E-state index contributed by atoms with van der Waals surface area (Å²) in [4.78, 5) is 4.41. The molecule has 0 aliphatic heterocycles. The predicted molar refractivity (Wildman–Crippen MR) is 59.4 cm³/mol. The standard InChI is InChI=1S/C13H15NO/c15-10-2-1-5-11-6-3-7-12-8-4-9-14-13(11)12/h4,8-9,11,15H,2-3,6-7,10H2. The van der Waals surface area contributed by atoms with Crippen molar-refractivity contribution in [3.8, 4) is 11.8 Å². The Kier molecular flexibility index (Phi) is 3.37. The number of pyridine rings is 1. The number of aromatic nitrogens is 1. The van der Waals surface area contributed by atoms with E-state index in [0.29, 0.717) is 6.42 Å². The third kappa shape index (κ3) is 2.37. The highest BCUT2D eigenvalue weighted by molar-refractivity contribution is 5.32. The van der Waals surface area contributed by atoms with Gasteiger partial charge < -0.3 is 5.11 Å². The Morgan fingerprint density at radius 3 is 3.33 bits per heavy atom. The van der Waals surface area contributed by atoms with Crippen LogP contribution in [-0.2, 0) is 6.42 Å². The largest absolute Gasteiger partial charge is 0.395 e. The van der Waals surface area contributed by atoms with Gasteiger partial charge in [-0.1, -0.05) is 12.0 Å². The smallest absolute Gasteiger partial charge is 0.0627 e. The molecule has 0 aromatic carbocycles. The number of fused-ring (bicyclic) bond motifs is 1. The van der Waals surface area contributed by atoms with Gasteiger partial charge in [0.15, 0.2) is 0 Å². The summed E-state index contributed by atoms with van der Waals surface area (Å²) in [6, 6.07) is 4.13. The molecule has 1 aromatic rings. The molecule has 2 heteroatoms. The van der Waals surface area contributed by atoms with Crippen LogP contribution in [0.4, 0.5) is 0 Å². The number of hydrogen-bond acceptors (Lipinski definition) is 2. The van der Waals surface area contributed by atoms with Crippen molar-refractivity contribution in [2.24, 2.45) is 0 Å². The Bertz CT molecular complexity index is 389. The lowest BCUT2D eigenvalue weighted by Gasteiger charge is -2.19. The van der Waals surface area contributed by atoms with E-state index in [0.717, 1.165) is 18.5 Å². The van der Waals surface area contributed by atoms with Gasteiger partial charge in [-0.15, -0.1) is 5.92 Å². The zero-order chi connectivity index (χ0) is 10.5. The molecule has 1 aliphatic carbocycles. The molecule has 0 radical (unpaired) electrons. The summed E-state index contributed by atoms with van der Waals surface area (Å²) in [7, 11) is 0. The van der Waals surface area contributed by atoms with Crippen molar-refractivity contribution in [1.82, 2.24) is 4.98 Å². The molecule has 15 heavy (non-hydrogen) atoms. The number of nitrogens with zero attached hydrogens (tertiary/aromatic N) is 1. The normalized spacial score (nSPS) is 18.9. The van der Waals surface area contributed by atoms with E-state index in [2.05, 4.69) is 22.9 Å². The van der Waals surface area contributed by atoms with Crippen molar-refractivity contribution >= 4 is 0 Å². The zero-order valence-corrected chi connectivity index (χ0v) is 8.74. The molecule has 0 amide bonds. The summed E-state index contributed by atoms with van der Waals surface area (Å²) in [6.45, 7) is 0.148. The topological polar surface area (TPSA) is 33.1 Å². The first-order valence-corrected chi connectivity index (χ1v) is 5.45. The molecule has 1 N–H and O–H groups in total. The minimum Gasteiger partial charge on any atom is -0.395 e. The zero-order valence-electron chi connectivity index (χ0n) is 8.74. The maximum atomic E-state index is 8.67. The minimum atomic E-state index is 0.148. The van der Waals surface area contributed by atoms with Crippen LogP contribution in [0, 0.1) is 11.8 Å². The predicted octanol–water partition coefficient (Wildman–Crippen LogP) is 1.89. The SMILES string of the molecule is OCCC#CC1CCCc2cccnc21. The Labute approximate surface area is 90.4 Å². The maximum absolute atomic E-state index is 8.67. The summed E-state index contributed by atoms with van der Waals surface area (Å²) in [5.74, 6) is 6.49. The Balaban J connectivity index is 2.20. The quantitative estimate of drug-likeness (QED) is 0.704. The van der Waals surface area contributed by atoms with Crippen molar-refractivity contribution in [3.05, 3.63) is 29.6 Å². The highest BCUT2D eigenvalue weighted by atomic mass is 16.2. The number of aliphatic hydroxyl groups excluding tert-OH is 1. The van der Waals surface area contributed by atoms with Crippen LogP contribution in [0.25, 0.3) is 0 Å². The fraction of sp³-hybridized carbons (Fsp3) is 0.462. The van der Waals surface area contributed by atoms with Crippen molar-refractivity contribution < 1.29 is 5.11 Å². The molecule has 1 unspecified atom stereocenters. The van der Waals surface area contributed by atoms with Crippen LogP contribution < -0.4 is 0 Å². The number of aliphatic hydroxyl groups is 1. The van der Waals surface area contributed by atoms with Crippen LogP contribution in [-0.4, -0.2) is 16.7 Å². The van der Waals surface area contributed by atoms with Gasteiger partial charge in [0.1, 0.15) is 0 Å². The van der Waals surface area contributed by atoms with E-state index < -0.39 is 0 Å². The highest BCUT2D eigenvalue weighted by Crippen LogP contribution is 2.28. The second-order valence-corrected chi connectivity index (χ2v) is 3.79. The molecular weight excluding hydrogens is 186 g/mol. The van der Waals surface area contributed by atoms with Crippen molar-refractivity contribution in [3.63, 3.8) is 0 Å². The number of hydrogen-bond donors (Lipinski definition) is 1. The fourth-order valence-corrected chi connectivity index (χ4v) is 2.00. The summed E-state index contributed by atoms with van der Waals surface area (Å²) in [5.41, 5.74) is 2.49. The molecule has 1 aromatic heterocycles. The number of rotatable bonds is 1. The number of aryl methyl sites for hydroxylation is 1. The lowest BCUT2D eigenvalue weighted by atomic mass is 9.87. The van der Waals surface area contributed by atoms with Crippen LogP contribution in [0.2, 0.25) is 0 Å². The summed E-state index contributed by atoms with van der Waals surface area (Å²) in [5, 5.41) is 8.67. The van der Waals surface area contributed by atoms with Gasteiger partial charge in [0.25, 0.3) is 0 Å². The van der Waals surface area contributed by atoms with Gasteiger partial charge in [-0.05, 0) is 30.9 Å². The van der Waals surface area contributed by atoms with Crippen LogP contribution in [0.5, 0.6) is 0 Å². The molecule has 0 spiro atoms. The van der Waals surface area contributed by atoms with Gasteiger partial charge in [-0.2, -0.15) is 0 Å². The summed E-state index contributed by atoms with van der Waals surface area (Å²) in [6.07, 6.45) is 5.82. The van der Waals surface area contributed by atoms with Crippen molar-refractivity contribution in [2.75, 3.05) is 6.61 Å². The molecule has 0 saturated carbocycles. The van der Waals surface area contributed by atoms with Gasteiger partial charge in [0, 0.05) is 12.6 Å². The Hall–Kier alpha value is -1.33. The lowest BCUT2D eigenvalue weighted by molar-refractivity contribution is 0.305. The summed E-state index contributed by atoms with van der Waals surface area (Å²) >= 11 is 0. The van der Waals surface area contributed by atoms with Gasteiger partial charge in [-0.25, -0.2) is 0 Å². The van der Waals surface area contributed by atoms with E-state index in [4.69, 9.17) is 5.11 Å². The third-order valence-electron chi connectivity index (χ3n) is 2.71. The first-order valence-electron chi connectivity index (χ1n) is 5.45. The van der Waals surface area contributed by atoms with Crippen molar-refractivity contribution in [1.29, 1.82) is 0 Å². The molecule has 1 atom stereocenters. The average molecular weight is 201 g/mol. The van der Waals surface area contributed by atoms with Crippen LogP contribution in [0.1, 0.15) is 36.4 Å². The lowest BCUT2D eigenvalue weighted by Crippen LogP contribution is -2.10. The second kappa shape index (κ2) is 4.95. The van der Waals surface area contributed by atoms with E-state index in [9.17, 15) is 0 Å². The Morgan fingerprint density at radius 1 is 1.53 bits per heavy atom. The highest BCUT2D eigenvalue weighted by Gasteiger charge is 2.18. The molecule has 0 saturated heterocycles. The van der Waals surface area contributed by atoms with E-state index in [1.54, 1.807) is 0 Å². The van der Waals surface area contributed by atoms with E-state index in [1.807, 2.05) is 12.3 Å². The van der Waals surface area contributed by atoms with Crippen LogP contribution in [0.3, 0.4) is 0 Å². The first-order chi connectivity index (χ1) is 7.42. The Morgan fingerprint density at radius 2 is 2.47 bits per heavy atom. The van der Waals surface area contributed by atoms with E-state index in [1.165, 1.54) is 12.0 Å². The van der Waals surface area contributed by atoms with Crippen LogP contribution >= 0.6 is 0 Å². The molecule has 2 rings (SSSR count). The van der Waals surface area contributed by atoms with Crippen molar-refractivity contribution in [2.45, 2.75) is 31.6 Å². The molecule has 0 bridgehead atoms.